The molecule has 0 amide bonds. The smallest absolute Gasteiger partial charge is 0.187 e. The standard InChI is InChI=1S/C21H27NOS2/c1-2-3-4-5-6-7-8-18-15-24-21(25-16-18)13-20(23)19-11-9-17(14-22)10-12-19/h9-13,18H,2-8,15-16H2,1H3. The summed E-state index contributed by atoms with van der Waals surface area (Å²) >= 11 is 3.65. The second-order valence-electron chi connectivity index (χ2n) is 6.56. The molecule has 0 bridgehead atoms. The molecule has 1 heterocycles. The van der Waals surface area contributed by atoms with Crippen LogP contribution in [-0.4, -0.2) is 17.3 Å². The van der Waals surface area contributed by atoms with Crippen molar-refractivity contribution < 1.29 is 4.79 Å². The molecule has 0 atom stereocenters. The van der Waals surface area contributed by atoms with Gasteiger partial charge in [-0.05, 0) is 36.6 Å². The second-order valence-corrected chi connectivity index (χ2v) is 8.94. The number of carbonyl (C=O) groups excluding carboxylic acids is 1. The lowest BCUT2D eigenvalue weighted by Gasteiger charge is -2.22. The number of carbonyl (C=O) groups is 1. The molecule has 2 rings (SSSR count). The summed E-state index contributed by atoms with van der Waals surface area (Å²) in [6.07, 6.45) is 11.2. The molecule has 1 aliphatic heterocycles. The maximum atomic E-state index is 12.3. The number of hydrogen-bond donors (Lipinski definition) is 0. The van der Waals surface area contributed by atoms with E-state index in [1.165, 1.54) is 44.9 Å². The molecule has 4 heteroatoms. The summed E-state index contributed by atoms with van der Waals surface area (Å²) in [7, 11) is 0. The van der Waals surface area contributed by atoms with E-state index in [2.05, 4.69) is 13.0 Å². The topological polar surface area (TPSA) is 40.9 Å². The van der Waals surface area contributed by atoms with E-state index in [-0.39, 0.29) is 5.78 Å². The maximum Gasteiger partial charge on any atom is 0.187 e. The van der Waals surface area contributed by atoms with Crippen LogP contribution in [-0.2, 0) is 0 Å². The first-order valence-corrected chi connectivity index (χ1v) is 11.2. The predicted octanol–water partition coefficient (Wildman–Crippen LogP) is 6.43. The molecule has 25 heavy (non-hydrogen) atoms. The number of nitriles is 1. The molecule has 0 spiro atoms. The molecule has 0 aromatic heterocycles. The molecule has 1 fully saturated rings. The zero-order valence-corrected chi connectivity index (χ0v) is 16.6. The van der Waals surface area contributed by atoms with Crippen LogP contribution in [0, 0.1) is 17.2 Å². The molecule has 1 aromatic carbocycles. The fourth-order valence-electron chi connectivity index (χ4n) is 2.85. The Hall–Kier alpha value is -1.18. The van der Waals surface area contributed by atoms with Crippen molar-refractivity contribution in [1.29, 1.82) is 5.26 Å². The summed E-state index contributed by atoms with van der Waals surface area (Å²) in [5.74, 6) is 3.08. The average Bonchev–Trinajstić information content (AvgIpc) is 2.66. The lowest BCUT2D eigenvalue weighted by Crippen LogP contribution is -2.12. The summed E-state index contributed by atoms with van der Waals surface area (Å²) in [5, 5.41) is 8.81. The van der Waals surface area contributed by atoms with Crippen LogP contribution < -0.4 is 0 Å². The lowest BCUT2D eigenvalue weighted by atomic mass is 10.0. The van der Waals surface area contributed by atoms with Gasteiger partial charge in [0.05, 0.1) is 11.6 Å². The first kappa shape index (κ1) is 20.1. The number of benzene rings is 1. The molecule has 1 aromatic rings. The van der Waals surface area contributed by atoms with E-state index in [4.69, 9.17) is 5.26 Å². The largest absolute Gasteiger partial charge is 0.289 e. The van der Waals surface area contributed by atoms with Crippen molar-refractivity contribution in [3.8, 4) is 6.07 Å². The van der Waals surface area contributed by atoms with E-state index in [0.717, 1.165) is 21.7 Å². The third-order valence-corrected chi connectivity index (χ3v) is 7.22. The van der Waals surface area contributed by atoms with Gasteiger partial charge in [-0.3, -0.25) is 4.79 Å². The number of ketones is 1. The fraction of sp³-hybridized carbons (Fsp3) is 0.524. The Kier molecular flexibility index (Phi) is 9.21. The van der Waals surface area contributed by atoms with Crippen molar-refractivity contribution in [2.45, 2.75) is 51.9 Å². The van der Waals surface area contributed by atoms with Gasteiger partial charge in [0, 0.05) is 27.4 Å². The number of allylic oxidation sites excluding steroid dienone is 1. The van der Waals surface area contributed by atoms with Crippen molar-refractivity contribution in [3.63, 3.8) is 0 Å². The summed E-state index contributed by atoms with van der Waals surface area (Å²) in [6, 6.07) is 8.94. The van der Waals surface area contributed by atoms with Gasteiger partial charge < -0.3 is 0 Å². The van der Waals surface area contributed by atoms with Crippen LogP contribution in [0.3, 0.4) is 0 Å². The molecule has 0 aliphatic carbocycles. The molecular formula is C21H27NOS2. The SMILES string of the molecule is CCCCCCCCC1CSC(=CC(=O)c2ccc(C#N)cc2)SC1. The highest BCUT2D eigenvalue weighted by Crippen LogP contribution is 2.39. The van der Waals surface area contributed by atoms with Gasteiger partial charge in [0.25, 0.3) is 0 Å². The number of hydrogen-bond acceptors (Lipinski definition) is 4. The molecule has 0 unspecified atom stereocenters. The van der Waals surface area contributed by atoms with Gasteiger partial charge in [-0.2, -0.15) is 5.26 Å². The van der Waals surface area contributed by atoms with Crippen molar-refractivity contribution in [2.24, 2.45) is 5.92 Å². The summed E-state index contributed by atoms with van der Waals surface area (Å²) < 4.78 is 1.13. The van der Waals surface area contributed by atoms with Crippen molar-refractivity contribution in [1.82, 2.24) is 0 Å². The summed E-state index contributed by atoms with van der Waals surface area (Å²) in [4.78, 5) is 12.3. The Bertz CT molecular complexity index is 606. The Morgan fingerprint density at radius 2 is 1.76 bits per heavy atom. The highest BCUT2D eigenvalue weighted by Gasteiger charge is 2.18. The number of rotatable bonds is 9. The van der Waals surface area contributed by atoms with Crippen LogP contribution in [0.1, 0.15) is 67.8 Å². The predicted molar refractivity (Wildman–Crippen MR) is 110 cm³/mol. The zero-order chi connectivity index (χ0) is 17.9. The first-order valence-electron chi connectivity index (χ1n) is 9.24. The van der Waals surface area contributed by atoms with Gasteiger partial charge in [0.1, 0.15) is 0 Å². The van der Waals surface area contributed by atoms with Crippen LogP contribution in [0.15, 0.2) is 34.6 Å². The van der Waals surface area contributed by atoms with Gasteiger partial charge in [-0.1, -0.05) is 45.4 Å². The zero-order valence-electron chi connectivity index (χ0n) is 15.0. The maximum absolute atomic E-state index is 12.3. The van der Waals surface area contributed by atoms with E-state index in [9.17, 15) is 4.79 Å². The van der Waals surface area contributed by atoms with E-state index in [0.29, 0.717) is 11.1 Å². The van der Waals surface area contributed by atoms with Gasteiger partial charge >= 0.3 is 0 Å². The average molecular weight is 374 g/mol. The van der Waals surface area contributed by atoms with Gasteiger partial charge in [-0.15, -0.1) is 23.5 Å². The van der Waals surface area contributed by atoms with Gasteiger partial charge in [0.15, 0.2) is 5.78 Å². The van der Waals surface area contributed by atoms with Gasteiger partial charge in [-0.25, -0.2) is 0 Å². The normalized spacial score (nSPS) is 17.1. The number of unbranched alkanes of at least 4 members (excludes halogenated alkanes) is 5. The van der Waals surface area contributed by atoms with E-state index < -0.39 is 0 Å². The van der Waals surface area contributed by atoms with Crippen LogP contribution in [0.25, 0.3) is 0 Å². The van der Waals surface area contributed by atoms with Crippen molar-refractivity contribution in [3.05, 3.63) is 45.7 Å². The van der Waals surface area contributed by atoms with E-state index in [1.54, 1.807) is 30.3 Å². The molecule has 134 valence electrons. The van der Waals surface area contributed by atoms with Gasteiger partial charge in [0.2, 0.25) is 0 Å². The monoisotopic (exact) mass is 373 g/mol. The van der Waals surface area contributed by atoms with Crippen molar-refractivity contribution in [2.75, 3.05) is 11.5 Å². The fourth-order valence-corrected chi connectivity index (χ4v) is 5.49. The summed E-state index contributed by atoms with van der Waals surface area (Å²) in [5.41, 5.74) is 1.24. The molecule has 0 radical (unpaired) electrons. The second kappa shape index (κ2) is 11.4. The Morgan fingerprint density at radius 3 is 2.40 bits per heavy atom. The minimum atomic E-state index is 0.0360. The van der Waals surface area contributed by atoms with Crippen LogP contribution in [0.5, 0.6) is 0 Å². The van der Waals surface area contributed by atoms with Crippen molar-refractivity contribution >= 4 is 29.3 Å². The van der Waals surface area contributed by atoms with Crippen LogP contribution >= 0.6 is 23.5 Å². The highest BCUT2D eigenvalue weighted by atomic mass is 32.2. The minimum absolute atomic E-state index is 0.0360. The number of nitrogens with zero attached hydrogens (tertiary/aromatic N) is 1. The summed E-state index contributed by atoms with van der Waals surface area (Å²) in [6.45, 7) is 2.26. The Labute approximate surface area is 160 Å². The number of thioether (sulfide) groups is 2. The molecule has 2 nitrogen and oxygen atoms in total. The molecule has 0 saturated carbocycles. The Balaban J connectivity index is 1.70. The third-order valence-electron chi connectivity index (χ3n) is 4.44. The molecule has 1 aliphatic rings. The highest BCUT2D eigenvalue weighted by molar-refractivity contribution is 8.22. The van der Waals surface area contributed by atoms with E-state index >= 15 is 0 Å². The lowest BCUT2D eigenvalue weighted by molar-refractivity contribution is 0.104. The minimum Gasteiger partial charge on any atom is -0.289 e. The Morgan fingerprint density at radius 1 is 1.12 bits per heavy atom. The molecular weight excluding hydrogens is 346 g/mol. The van der Waals surface area contributed by atoms with Crippen LogP contribution in [0.2, 0.25) is 0 Å². The molecule has 1 saturated heterocycles. The first-order chi connectivity index (χ1) is 12.2. The quantitative estimate of drug-likeness (QED) is 0.284. The van der Waals surface area contributed by atoms with Crippen LogP contribution in [0.4, 0.5) is 0 Å². The molecule has 0 N–H and O–H groups in total. The third kappa shape index (κ3) is 7.30. The van der Waals surface area contributed by atoms with E-state index in [1.807, 2.05) is 23.5 Å².